The van der Waals surface area contributed by atoms with Crippen LogP contribution in [0.5, 0.6) is 0 Å². The molecule has 0 aliphatic carbocycles. The first-order chi connectivity index (χ1) is 17.8. The maximum Gasteiger partial charge on any atom is 0.254 e. The van der Waals surface area contributed by atoms with Gasteiger partial charge in [0.1, 0.15) is 6.61 Å². The Morgan fingerprint density at radius 2 is 1.97 bits per heavy atom. The van der Waals surface area contributed by atoms with Crippen LogP contribution in [0.3, 0.4) is 0 Å². The molecule has 2 aromatic heterocycles. The Morgan fingerprint density at radius 1 is 1.14 bits per heavy atom. The topological polar surface area (TPSA) is 68.5 Å². The van der Waals surface area contributed by atoms with E-state index in [1.807, 2.05) is 57.3 Å². The van der Waals surface area contributed by atoms with Gasteiger partial charge in [-0.15, -0.1) is 0 Å². The van der Waals surface area contributed by atoms with E-state index >= 15 is 0 Å². The largest absolute Gasteiger partial charge is 0.475 e. The number of carbonyl (C=O) groups is 1. The van der Waals surface area contributed by atoms with Gasteiger partial charge in [-0.05, 0) is 54.3 Å². The first kappa shape index (κ1) is 24.6. The molecule has 1 aliphatic heterocycles. The number of carbonyl (C=O) groups excluding carboxylic acids is 1. The first-order valence-electron chi connectivity index (χ1n) is 12.3. The lowest BCUT2D eigenvalue weighted by Gasteiger charge is -2.15. The van der Waals surface area contributed by atoms with Crippen molar-refractivity contribution in [1.82, 2.24) is 14.9 Å². The highest BCUT2D eigenvalue weighted by Crippen LogP contribution is 2.33. The van der Waals surface area contributed by atoms with E-state index < -0.39 is 11.6 Å². The zero-order valence-electron chi connectivity index (χ0n) is 21.0. The summed E-state index contributed by atoms with van der Waals surface area (Å²) in [5.74, 6) is -1.52. The van der Waals surface area contributed by atoms with Crippen molar-refractivity contribution in [2.45, 2.75) is 45.8 Å². The molecule has 0 unspecified atom stereocenters. The van der Waals surface area contributed by atoms with Gasteiger partial charge in [-0.3, -0.25) is 9.78 Å². The smallest absolute Gasteiger partial charge is 0.254 e. The van der Waals surface area contributed by atoms with E-state index in [0.717, 1.165) is 39.9 Å². The van der Waals surface area contributed by atoms with Crippen LogP contribution in [0.15, 0.2) is 65.9 Å². The summed E-state index contributed by atoms with van der Waals surface area (Å²) in [5.41, 5.74) is 4.65. The van der Waals surface area contributed by atoms with Gasteiger partial charge in [-0.25, -0.2) is 13.8 Å². The van der Waals surface area contributed by atoms with Crippen molar-refractivity contribution in [3.05, 3.63) is 101 Å². The Morgan fingerprint density at radius 3 is 2.65 bits per heavy atom. The molecule has 0 bridgehead atoms. The summed E-state index contributed by atoms with van der Waals surface area (Å²) in [6.07, 6.45) is 3.54. The number of hydrogen-bond acceptors (Lipinski definition) is 4. The van der Waals surface area contributed by atoms with E-state index in [4.69, 9.17) is 4.74 Å². The predicted octanol–water partition coefficient (Wildman–Crippen LogP) is 5.58. The fraction of sp³-hybridized carbons (Fsp3) is 0.276. The third kappa shape index (κ3) is 4.96. The molecular weight excluding hydrogens is 474 g/mol. The molecule has 1 atom stereocenters. The minimum atomic E-state index is -0.943. The highest BCUT2D eigenvalue weighted by atomic mass is 19.2. The predicted molar refractivity (Wildman–Crippen MR) is 139 cm³/mol. The number of hydrogen-bond donors (Lipinski definition) is 1. The molecule has 8 heteroatoms. The SMILES string of the molecule is CC(C)c1c(C(=O)NCc2ccc(F)c(F)c2)c2ccc(C3=N[C@H](C)CO3)cc2n1Cc1cccnc1. The number of benzene rings is 2. The van der Waals surface area contributed by atoms with Crippen molar-refractivity contribution in [2.75, 3.05) is 6.61 Å². The lowest BCUT2D eigenvalue weighted by atomic mass is 10.0. The van der Waals surface area contributed by atoms with E-state index in [9.17, 15) is 13.6 Å². The molecule has 1 amide bonds. The molecule has 0 spiro atoms. The molecule has 5 rings (SSSR count). The third-order valence-corrected chi connectivity index (χ3v) is 6.43. The highest BCUT2D eigenvalue weighted by molar-refractivity contribution is 6.10. The van der Waals surface area contributed by atoms with Gasteiger partial charge in [-0.2, -0.15) is 0 Å². The normalized spacial score (nSPS) is 15.2. The Bertz CT molecular complexity index is 1500. The summed E-state index contributed by atoms with van der Waals surface area (Å²) in [5, 5.41) is 3.70. The Balaban J connectivity index is 1.60. The van der Waals surface area contributed by atoms with Gasteiger partial charge in [0, 0.05) is 42.1 Å². The number of aliphatic imine (C=N–C) groups is 1. The molecule has 0 radical (unpaired) electrons. The van der Waals surface area contributed by atoms with Crippen LogP contribution in [0, 0.1) is 11.6 Å². The molecule has 4 aromatic rings. The minimum Gasteiger partial charge on any atom is -0.475 e. The van der Waals surface area contributed by atoms with Gasteiger partial charge < -0.3 is 14.6 Å². The summed E-state index contributed by atoms with van der Waals surface area (Å²) >= 11 is 0. The highest BCUT2D eigenvalue weighted by Gasteiger charge is 2.26. The molecule has 6 nitrogen and oxygen atoms in total. The summed E-state index contributed by atoms with van der Waals surface area (Å²) in [7, 11) is 0. The van der Waals surface area contributed by atoms with E-state index in [1.165, 1.54) is 6.07 Å². The van der Waals surface area contributed by atoms with Crippen LogP contribution in [0.2, 0.25) is 0 Å². The monoisotopic (exact) mass is 502 g/mol. The number of ether oxygens (including phenoxy) is 1. The van der Waals surface area contributed by atoms with Gasteiger partial charge in [0.05, 0.1) is 17.1 Å². The average Bonchev–Trinajstić information content (AvgIpc) is 3.46. The van der Waals surface area contributed by atoms with Crippen molar-refractivity contribution in [1.29, 1.82) is 0 Å². The molecule has 190 valence electrons. The molecule has 1 N–H and O–H groups in total. The fourth-order valence-electron chi connectivity index (χ4n) is 4.74. The van der Waals surface area contributed by atoms with Crippen LogP contribution >= 0.6 is 0 Å². The average molecular weight is 503 g/mol. The molecule has 37 heavy (non-hydrogen) atoms. The van der Waals surface area contributed by atoms with Gasteiger partial charge >= 0.3 is 0 Å². The first-order valence-corrected chi connectivity index (χ1v) is 12.3. The minimum absolute atomic E-state index is 0.0247. The van der Waals surface area contributed by atoms with Gasteiger partial charge in [0.2, 0.25) is 5.90 Å². The molecule has 0 saturated carbocycles. The second kappa shape index (κ2) is 10.1. The van der Waals surface area contributed by atoms with E-state index in [-0.39, 0.29) is 24.4 Å². The van der Waals surface area contributed by atoms with Crippen molar-refractivity contribution < 1.29 is 18.3 Å². The van der Waals surface area contributed by atoms with Crippen molar-refractivity contribution in [2.24, 2.45) is 4.99 Å². The van der Waals surface area contributed by atoms with E-state index in [0.29, 0.717) is 30.2 Å². The number of aromatic nitrogens is 2. The standard InChI is InChI=1S/C29H28F2N4O2/c1-17(2)27-26(28(36)33-14-19-6-9-23(30)24(31)11-19)22-8-7-21(29-34-18(3)16-37-29)12-25(22)35(27)15-20-5-4-10-32-13-20/h4-13,17-18H,14-16H2,1-3H3,(H,33,36)/t18-/m1/s1. The summed E-state index contributed by atoms with van der Waals surface area (Å²) < 4.78 is 35.0. The number of halogens is 2. The molecule has 0 fully saturated rings. The van der Waals surface area contributed by atoms with Crippen molar-refractivity contribution >= 4 is 22.7 Å². The number of fused-ring (bicyclic) bond motifs is 1. The van der Waals surface area contributed by atoms with Crippen LogP contribution in [-0.4, -0.2) is 34.0 Å². The maximum atomic E-state index is 13.7. The van der Waals surface area contributed by atoms with Crippen LogP contribution < -0.4 is 5.32 Å². The zero-order valence-corrected chi connectivity index (χ0v) is 21.0. The number of pyridine rings is 1. The Kier molecular flexibility index (Phi) is 6.74. The molecule has 0 saturated heterocycles. The fourth-order valence-corrected chi connectivity index (χ4v) is 4.74. The van der Waals surface area contributed by atoms with Crippen LogP contribution in [-0.2, 0) is 17.8 Å². The van der Waals surface area contributed by atoms with Gasteiger partial charge in [-0.1, -0.05) is 32.0 Å². The number of nitrogens with zero attached hydrogens (tertiary/aromatic N) is 3. The van der Waals surface area contributed by atoms with E-state index in [2.05, 4.69) is 19.9 Å². The second-order valence-corrected chi connectivity index (χ2v) is 9.62. The Labute approximate surface area is 214 Å². The lowest BCUT2D eigenvalue weighted by molar-refractivity contribution is 0.0951. The summed E-state index contributed by atoms with van der Waals surface area (Å²) in [6.45, 7) is 7.24. The van der Waals surface area contributed by atoms with Crippen LogP contribution in [0.25, 0.3) is 10.9 Å². The lowest BCUT2D eigenvalue weighted by Crippen LogP contribution is -2.24. The zero-order chi connectivity index (χ0) is 26.1. The Hall–Kier alpha value is -4.07. The van der Waals surface area contributed by atoms with Crippen molar-refractivity contribution in [3.8, 4) is 0 Å². The quantitative estimate of drug-likeness (QED) is 0.359. The van der Waals surface area contributed by atoms with Crippen LogP contribution in [0.4, 0.5) is 8.78 Å². The summed E-state index contributed by atoms with van der Waals surface area (Å²) in [6, 6.07) is 13.5. The number of nitrogens with one attached hydrogen (secondary N) is 1. The molecule has 2 aromatic carbocycles. The molecular formula is C29H28F2N4O2. The molecule has 3 heterocycles. The number of amides is 1. The third-order valence-electron chi connectivity index (χ3n) is 6.43. The number of rotatable bonds is 7. The van der Waals surface area contributed by atoms with Crippen molar-refractivity contribution in [3.63, 3.8) is 0 Å². The molecule has 1 aliphatic rings. The van der Waals surface area contributed by atoms with Crippen LogP contribution in [0.1, 0.15) is 59.4 Å². The second-order valence-electron chi connectivity index (χ2n) is 9.62. The maximum absolute atomic E-state index is 13.7. The van der Waals surface area contributed by atoms with E-state index in [1.54, 1.807) is 6.20 Å². The van der Waals surface area contributed by atoms with Gasteiger partial charge in [0.25, 0.3) is 5.91 Å². The summed E-state index contributed by atoms with van der Waals surface area (Å²) in [4.78, 5) is 22.5. The van der Waals surface area contributed by atoms with Gasteiger partial charge in [0.15, 0.2) is 11.6 Å².